The molecule has 1 aromatic heterocycles. The van der Waals surface area contributed by atoms with Crippen molar-refractivity contribution in [2.45, 2.75) is 88.3 Å². The average Bonchev–Trinajstić information content (AvgIpc) is 3.15. The smallest absolute Gasteiger partial charge is 0.254 e. The van der Waals surface area contributed by atoms with Gasteiger partial charge in [0.1, 0.15) is 5.82 Å². The van der Waals surface area contributed by atoms with E-state index in [-0.39, 0.29) is 11.6 Å². The van der Waals surface area contributed by atoms with E-state index in [9.17, 15) is 4.79 Å². The number of aromatic nitrogens is 2. The molecule has 5 aliphatic rings. The Morgan fingerprint density at radius 3 is 2.41 bits per heavy atom. The summed E-state index contributed by atoms with van der Waals surface area (Å²) in [6.07, 6.45) is 14.7. The number of carbonyl (C=O) groups is 1. The second-order valence-electron chi connectivity index (χ2n) is 8.75. The molecule has 1 heterocycles. The van der Waals surface area contributed by atoms with Gasteiger partial charge >= 0.3 is 0 Å². The van der Waals surface area contributed by atoms with Crippen molar-refractivity contribution in [1.82, 2.24) is 9.97 Å². The molecule has 0 atom stereocenters. The highest BCUT2D eigenvalue weighted by atomic mass is 16.3. The number of hydrogen-bond donors (Lipinski definition) is 4. The Kier molecular flexibility index (Phi) is 5.21. The van der Waals surface area contributed by atoms with E-state index in [0.29, 0.717) is 23.4 Å². The molecule has 0 radical (unpaired) electrons. The molecule has 6 rings (SSSR count). The molecule has 0 aromatic carbocycles. The molecule has 5 fully saturated rings. The number of anilines is 2. The zero-order valence-corrected chi connectivity index (χ0v) is 15.9. The number of aliphatic hydroxyl groups is 1. The Hall–Kier alpha value is -1.89. The molecule has 5 N–H and O–H groups in total. The van der Waals surface area contributed by atoms with E-state index in [0.717, 1.165) is 38.0 Å². The Bertz CT molecular complexity index is 673. The summed E-state index contributed by atoms with van der Waals surface area (Å²) in [5, 5.41) is 15.1. The summed E-state index contributed by atoms with van der Waals surface area (Å²) in [6.45, 7) is 0. The van der Waals surface area contributed by atoms with E-state index in [4.69, 9.17) is 10.8 Å². The number of aliphatic hydroxyl groups excluding tert-OH is 1. The maximum atomic E-state index is 11.7. The Balaban J connectivity index is 0.000000400. The van der Waals surface area contributed by atoms with Crippen LogP contribution >= 0.6 is 0 Å². The average molecular weight is 374 g/mol. The number of nitrogens with two attached hydrogens (primary N) is 1. The van der Waals surface area contributed by atoms with Gasteiger partial charge in [-0.05, 0) is 57.3 Å². The van der Waals surface area contributed by atoms with E-state index < -0.39 is 5.91 Å². The van der Waals surface area contributed by atoms with Gasteiger partial charge in [0.2, 0.25) is 5.95 Å². The molecule has 7 heteroatoms. The first-order valence-corrected chi connectivity index (χ1v) is 10.4. The fraction of sp³-hybridized carbons (Fsp3) is 0.750. The lowest BCUT2D eigenvalue weighted by Crippen LogP contribution is -2.43. The van der Waals surface area contributed by atoms with Crippen LogP contribution in [0.4, 0.5) is 11.8 Å². The second-order valence-corrected chi connectivity index (χ2v) is 8.75. The van der Waals surface area contributed by atoms with E-state index in [1.165, 1.54) is 38.5 Å². The number of fused-ring (bicyclic) bond motifs is 1. The molecule has 0 spiro atoms. The molecule has 0 unspecified atom stereocenters. The fourth-order valence-electron chi connectivity index (χ4n) is 4.58. The van der Waals surface area contributed by atoms with Gasteiger partial charge in [0.15, 0.2) is 0 Å². The molecule has 0 saturated heterocycles. The molecule has 1 aromatic rings. The van der Waals surface area contributed by atoms with Gasteiger partial charge in [-0.25, -0.2) is 4.98 Å². The van der Waals surface area contributed by atoms with Gasteiger partial charge in [-0.3, -0.25) is 4.79 Å². The minimum Gasteiger partial charge on any atom is -0.393 e. The predicted molar refractivity (Wildman–Crippen MR) is 105 cm³/mol. The standard InChI is InChI=1S/C17H25N5O.C3H6O/c18-14(23)13-10-19-16(20-12-4-2-1-3-5-12)21-15(13)22-17-7-6-11(8-17)9-17;4-3-1-2-3/h10-12H,1-9H2,(H2,18,23)(H2,19,20,21,22);3-4H,1-2H2. The van der Waals surface area contributed by atoms with Crippen molar-refractivity contribution in [2.24, 2.45) is 11.7 Å². The van der Waals surface area contributed by atoms with Crippen LogP contribution in [-0.2, 0) is 0 Å². The largest absolute Gasteiger partial charge is 0.393 e. The van der Waals surface area contributed by atoms with Gasteiger partial charge < -0.3 is 21.5 Å². The van der Waals surface area contributed by atoms with Crippen LogP contribution in [0.5, 0.6) is 0 Å². The van der Waals surface area contributed by atoms with Crippen molar-refractivity contribution in [3.8, 4) is 0 Å². The molecule has 5 aliphatic carbocycles. The number of nitrogens with one attached hydrogen (secondary N) is 2. The van der Waals surface area contributed by atoms with E-state index in [2.05, 4.69) is 20.6 Å². The van der Waals surface area contributed by atoms with Crippen molar-refractivity contribution in [3.05, 3.63) is 11.8 Å². The molecule has 7 nitrogen and oxygen atoms in total. The van der Waals surface area contributed by atoms with Crippen molar-refractivity contribution in [2.75, 3.05) is 10.6 Å². The lowest BCUT2D eigenvalue weighted by molar-refractivity contribution is 0.1000. The Labute approximate surface area is 160 Å². The number of carbonyl (C=O) groups excluding carboxylic acids is 1. The molecule has 2 bridgehead atoms. The van der Waals surface area contributed by atoms with Crippen LogP contribution in [0, 0.1) is 5.92 Å². The molecular formula is C20H31N5O2. The maximum Gasteiger partial charge on any atom is 0.254 e. The lowest BCUT2D eigenvalue weighted by atomic mass is 9.77. The normalized spacial score (nSPS) is 29.3. The third kappa shape index (κ3) is 4.51. The van der Waals surface area contributed by atoms with Crippen LogP contribution in [0.3, 0.4) is 0 Å². The zero-order valence-electron chi connectivity index (χ0n) is 15.9. The third-order valence-electron chi connectivity index (χ3n) is 6.31. The van der Waals surface area contributed by atoms with Crippen LogP contribution < -0.4 is 16.4 Å². The van der Waals surface area contributed by atoms with Gasteiger partial charge in [-0.2, -0.15) is 4.98 Å². The number of nitrogens with zero attached hydrogens (tertiary/aromatic N) is 2. The van der Waals surface area contributed by atoms with Crippen molar-refractivity contribution in [3.63, 3.8) is 0 Å². The maximum absolute atomic E-state index is 11.7. The summed E-state index contributed by atoms with van der Waals surface area (Å²) in [5.41, 5.74) is 6.02. The van der Waals surface area contributed by atoms with E-state index in [1.54, 1.807) is 6.20 Å². The van der Waals surface area contributed by atoms with Crippen LogP contribution in [-0.4, -0.2) is 38.7 Å². The van der Waals surface area contributed by atoms with Gasteiger partial charge in [-0.15, -0.1) is 0 Å². The van der Waals surface area contributed by atoms with Gasteiger partial charge in [0, 0.05) is 17.8 Å². The second kappa shape index (κ2) is 7.62. The quantitative estimate of drug-likeness (QED) is 0.631. The van der Waals surface area contributed by atoms with Crippen LogP contribution in [0.15, 0.2) is 6.20 Å². The Morgan fingerprint density at radius 1 is 1.15 bits per heavy atom. The van der Waals surface area contributed by atoms with Crippen LogP contribution in [0.2, 0.25) is 0 Å². The number of hydrogen-bond acceptors (Lipinski definition) is 6. The highest BCUT2D eigenvalue weighted by molar-refractivity contribution is 5.97. The summed E-state index contributed by atoms with van der Waals surface area (Å²) in [7, 11) is 0. The summed E-state index contributed by atoms with van der Waals surface area (Å²) in [6, 6.07) is 0.439. The summed E-state index contributed by atoms with van der Waals surface area (Å²) in [5.74, 6) is 1.59. The third-order valence-corrected chi connectivity index (χ3v) is 6.31. The minimum absolute atomic E-state index is 0.0833. The molecule has 148 valence electrons. The summed E-state index contributed by atoms with van der Waals surface area (Å²) >= 11 is 0. The Morgan fingerprint density at radius 2 is 1.85 bits per heavy atom. The zero-order chi connectivity index (χ0) is 18.9. The topological polar surface area (TPSA) is 113 Å². The monoisotopic (exact) mass is 373 g/mol. The van der Waals surface area contributed by atoms with Crippen molar-refractivity contribution in [1.29, 1.82) is 0 Å². The highest BCUT2D eigenvalue weighted by Crippen LogP contribution is 2.53. The first-order chi connectivity index (χ1) is 13.0. The van der Waals surface area contributed by atoms with Crippen LogP contribution in [0.25, 0.3) is 0 Å². The fourth-order valence-corrected chi connectivity index (χ4v) is 4.58. The van der Waals surface area contributed by atoms with E-state index in [1.807, 2.05) is 0 Å². The molecule has 0 aliphatic heterocycles. The van der Waals surface area contributed by atoms with Gasteiger partial charge in [0.05, 0.1) is 11.7 Å². The summed E-state index contributed by atoms with van der Waals surface area (Å²) < 4.78 is 0. The lowest BCUT2D eigenvalue weighted by Gasteiger charge is -2.40. The van der Waals surface area contributed by atoms with E-state index >= 15 is 0 Å². The van der Waals surface area contributed by atoms with Crippen LogP contribution in [0.1, 0.15) is 81.0 Å². The first-order valence-electron chi connectivity index (χ1n) is 10.4. The molecule has 27 heavy (non-hydrogen) atoms. The predicted octanol–water partition coefficient (Wildman–Crippen LogP) is 2.82. The number of rotatable bonds is 5. The SMILES string of the molecule is NC(=O)c1cnc(NC2CCCCC2)nc1NC12CCC(C1)C2.OC1CC1. The van der Waals surface area contributed by atoms with Crippen molar-refractivity contribution >= 4 is 17.7 Å². The van der Waals surface area contributed by atoms with Gasteiger partial charge in [-0.1, -0.05) is 19.3 Å². The van der Waals surface area contributed by atoms with Crippen molar-refractivity contribution < 1.29 is 9.90 Å². The molecule has 5 saturated carbocycles. The first kappa shape index (κ1) is 18.5. The minimum atomic E-state index is -0.470. The number of amides is 1. The highest BCUT2D eigenvalue weighted by Gasteiger charge is 2.50. The molecular weight excluding hydrogens is 342 g/mol. The number of primary amides is 1. The summed E-state index contributed by atoms with van der Waals surface area (Å²) in [4.78, 5) is 20.6. The molecule has 1 amide bonds. The van der Waals surface area contributed by atoms with Gasteiger partial charge in [0.25, 0.3) is 5.91 Å².